The Balaban J connectivity index is 0.766. The van der Waals surface area contributed by atoms with Crippen molar-refractivity contribution >= 4 is 43.6 Å². The Hall–Kier alpha value is -9.76. The van der Waals surface area contributed by atoms with Crippen molar-refractivity contribution in [3.63, 3.8) is 0 Å². The van der Waals surface area contributed by atoms with E-state index >= 15 is 0 Å². The molecule has 2 heteroatoms. The van der Waals surface area contributed by atoms with Crippen molar-refractivity contribution in [1.29, 1.82) is 0 Å². The lowest BCUT2D eigenvalue weighted by Crippen LogP contribution is -1.94. The van der Waals surface area contributed by atoms with Crippen LogP contribution < -0.4 is 0 Å². The zero-order chi connectivity index (χ0) is 49.0. The summed E-state index contributed by atoms with van der Waals surface area (Å²) in [7, 11) is 0. The minimum Gasteiger partial charge on any atom is -0.309 e. The van der Waals surface area contributed by atoms with Crippen LogP contribution in [-0.2, 0) is 0 Å². The van der Waals surface area contributed by atoms with Gasteiger partial charge >= 0.3 is 0 Å². The molecule has 0 bridgehead atoms. The molecule has 0 unspecified atom stereocenters. The van der Waals surface area contributed by atoms with E-state index in [9.17, 15) is 0 Å². The molecular weight excluding hydrogens is 893 g/mol. The van der Waals surface area contributed by atoms with E-state index in [2.05, 4.69) is 300 Å². The highest BCUT2D eigenvalue weighted by Crippen LogP contribution is 2.40. The van der Waals surface area contributed by atoms with E-state index in [1.54, 1.807) is 0 Å². The monoisotopic (exact) mass is 940 g/mol. The molecule has 12 aromatic carbocycles. The fourth-order valence-corrected chi connectivity index (χ4v) is 11.3. The van der Waals surface area contributed by atoms with E-state index in [4.69, 9.17) is 0 Å². The van der Waals surface area contributed by atoms with Crippen LogP contribution in [0.1, 0.15) is 0 Å². The van der Waals surface area contributed by atoms with Crippen LogP contribution in [0.25, 0.3) is 133 Å². The molecule has 0 aliphatic rings. The molecule has 2 heterocycles. The highest BCUT2D eigenvalue weighted by molar-refractivity contribution is 6.13. The van der Waals surface area contributed by atoms with Crippen LogP contribution >= 0.6 is 0 Å². The lowest BCUT2D eigenvalue weighted by molar-refractivity contribution is 1.18. The molecule has 14 rings (SSSR count). The summed E-state index contributed by atoms with van der Waals surface area (Å²) in [5.74, 6) is 0. The van der Waals surface area contributed by atoms with Crippen LogP contribution in [0, 0.1) is 0 Å². The van der Waals surface area contributed by atoms with Gasteiger partial charge in [0.25, 0.3) is 0 Å². The predicted octanol–water partition coefficient (Wildman–Crippen LogP) is 19.5. The third kappa shape index (κ3) is 7.60. The molecule has 0 amide bonds. The fraction of sp³-hybridized carbons (Fsp3) is 0. The Morgan fingerprint density at radius 2 is 0.500 bits per heavy atom. The first-order valence-corrected chi connectivity index (χ1v) is 25.5. The second-order valence-electron chi connectivity index (χ2n) is 19.3. The number of fused-ring (bicyclic) bond motifs is 6. The quantitative estimate of drug-likeness (QED) is 0.136. The first-order chi connectivity index (χ1) is 36.7. The number of benzene rings is 12. The summed E-state index contributed by atoms with van der Waals surface area (Å²) in [5, 5.41) is 4.97. The van der Waals surface area contributed by atoms with Crippen molar-refractivity contribution in [2.45, 2.75) is 0 Å². The Labute approximate surface area is 431 Å². The van der Waals surface area contributed by atoms with Crippen molar-refractivity contribution in [3.8, 4) is 89.3 Å². The van der Waals surface area contributed by atoms with Crippen LogP contribution in [0.3, 0.4) is 0 Å². The Bertz CT molecular complexity index is 4390. The van der Waals surface area contributed by atoms with Gasteiger partial charge in [-0.3, -0.25) is 0 Å². The molecule has 0 N–H and O–H groups in total. The van der Waals surface area contributed by atoms with Gasteiger partial charge in [-0.05, 0) is 151 Å². The third-order valence-electron chi connectivity index (χ3n) is 14.9. The third-order valence-corrected chi connectivity index (χ3v) is 14.9. The molecule has 346 valence electrons. The first kappa shape index (κ1) is 43.1. The van der Waals surface area contributed by atoms with Crippen LogP contribution in [0.5, 0.6) is 0 Å². The van der Waals surface area contributed by atoms with Gasteiger partial charge in [-0.2, -0.15) is 0 Å². The van der Waals surface area contributed by atoms with Gasteiger partial charge in [0.1, 0.15) is 0 Å². The summed E-state index contributed by atoms with van der Waals surface area (Å²) in [6.45, 7) is 0. The first-order valence-electron chi connectivity index (χ1n) is 25.5. The van der Waals surface area contributed by atoms with Gasteiger partial charge in [-0.1, -0.05) is 218 Å². The molecule has 0 aliphatic carbocycles. The lowest BCUT2D eigenvalue weighted by atomic mass is 9.92. The average Bonchev–Trinajstić information content (AvgIpc) is 4.00. The van der Waals surface area contributed by atoms with Gasteiger partial charge in [0, 0.05) is 32.9 Å². The SMILES string of the molecule is c1ccc(-c2ccc(-n3c4ccccc4c4cc(-c5ccc6c(c5)c5ccccc5n6-c5cccc(-c6ccc(-c7cccc(-c8cccc(-c9ccccc9-c9ccccc9)c8)c7)cc6)c5)ccc43)cc2)cc1. The van der Waals surface area contributed by atoms with Crippen molar-refractivity contribution in [2.75, 3.05) is 0 Å². The molecule has 2 nitrogen and oxygen atoms in total. The predicted molar refractivity (Wildman–Crippen MR) is 313 cm³/mol. The molecule has 0 fully saturated rings. The van der Waals surface area contributed by atoms with Gasteiger partial charge in [0.15, 0.2) is 0 Å². The molecule has 14 aromatic rings. The van der Waals surface area contributed by atoms with E-state index < -0.39 is 0 Å². The highest BCUT2D eigenvalue weighted by atomic mass is 15.0. The van der Waals surface area contributed by atoms with Gasteiger partial charge in [0.05, 0.1) is 22.1 Å². The van der Waals surface area contributed by atoms with Crippen LogP contribution in [0.4, 0.5) is 0 Å². The maximum absolute atomic E-state index is 2.42. The number of nitrogens with zero attached hydrogens (tertiary/aromatic N) is 2. The second kappa shape index (κ2) is 18.1. The van der Waals surface area contributed by atoms with Crippen LogP contribution in [-0.4, -0.2) is 9.13 Å². The molecule has 0 saturated heterocycles. The van der Waals surface area contributed by atoms with E-state index in [1.165, 1.54) is 122 Å². The van der Waals surface area contributed by atoms with Crippen molar-refractivity contribution in [2.24, 2.45) is 0 Å². The molecule has 0 spiro atoms. The maximum Gasteiger partial charge on any atom is 0.0541 e. The van der Waals surface area contributed by atoms with Gasteiger partial charge < -0.3 is 9.13 Å². The second-order valence-corrected chi connectivity index (χ2v) is 19.3. The fourth-order valence-electron chi connectivity index (χ4n) is 11.3. The summed E-state index contributed by atoms with van der Waals surface area (Å²) in [4.78, 5) is 0. The van der Waals surface area contributed by atoms with E-state index in [1.807, 2.05) is 0 Å². The topological polar surface area (TPSA) is 9.86 Å². The number of rotatable bonds is 9. The number of aromatic nitrogens is 2. The molecule has 74 heavy (non-hydrogen) atoms. The smallest absolute Gasteiger partial charge is 0.0541 e. The van der Waals surface area contributed by atoms with Crippen LogP contribution in [0.15, 0.2) is 291 Å². The summed E-state index contributed by atoms with van der Waals surface area (Å²) in [6.07, 6.45) is 0. The maximum atomic E-state index is 2.42. The standard InChI is InChI=1S/C72H48N2/c1-3-16-49(17-4-1)50-36-40-61(41-37-50)73-69-30-11-9-28-65(69)67-47-58(38-42-71(67)73)59-39-43-72-68(48-59)66-29-10-12-31-70(66)74(72)62-25-15-23-57(46-62)52-34-32-51(33-35-52)54-20-13-21-55(44-54)56-22-14-24-60(45-56)64-27-8-7-26-63(64)53-18-5-2-6-19-53/h1-48H. The summed E-state index contributed by atoms with van der Waals surface area (Å²) in [5.41, 5.74) is 23.9. The minimum atomic E-state index is 1.14. The normalized spacial score (nSPS) is 11.5. The summed E-state index contributed by atoms with van der Waals surface area (Å²) < 4.78 is 4.82. The minimum absolute atomic E-state index is 1.14. The van der Waals surface area contributed by atoms with Crippen molar-refractivity contribution in [3.05, 3.63) is 291 Å². The largest absolute Gasteiger partial charge is 0.309 e. The van der Waals surface area contributed by atoms with Gasteiger partial charge in [-0.25, -0.2) is 0 Å². The van der Waals surface area contributed by atoms with Crippen molar-refractivity contribution in [1.82, 2.24) is 9.13 Å². The molecular formula is C72H48N2. The summed E-state index contributed by atoms with van der Waals surface area (Å²) >= 11 is 0. The molecule has 0 aliphatic heterocycles. The Morgan fingerprint density at radius 1 is 0.162 bits per heavy atom. The Morgan fingerprint density at radius 3 is 1.08 bits per heavy atom. The molecule has 0 atom stereocenters. The zero-order valence-corrected chi connectivity index (χ0v) is 40.6. The highest BCUT2D eigenvalue weighted by Gasteiger charge is 2.17. The van der Waals surface area contributed by atoms with Gasteiger partial charge in [-0.15, -0.1) is 0 Å². The summed E-state index contributed by atoms with van der Waals surface area (Å²) in [6, 6.07) is 106. The Kier molecular flexibility index (Phi) is 10.6. The number of hydrogen-bond donors (Lipinski definition) is 0. The molecule has 0 radical (unpaired) electrons. The van der Waals surface area contributed by atoms with E-state index in [0.29, 0.717) is 0 Å². The van der Waals surface area contributed by atoms with Crippen LogP contribution in [0.2, 0.25) is 0 Å². The number of para-hydroxylation sites is 2. The van der Waals surface area contributed by atoms with Gasteiger partial charge in [0.2, 0.25) is 0 Å². The zero-order valence-electron chi connectivity index (χ0n) is 40.6. The molecule has 2 aromatic heterocycles. The van der Waals surface area contributed by atoms with E-state index in [-0.39, 0.29) is 0 Å². The molecule has 0 saturated carbocycles. The number of hydrogen-bond acceptors (Lipinski definition) is 0. The van der Waals surface area contributed by atoms with E-state index in [0.717, 1.165) is 11.4 Å². The average molecular weight is 941 g/mol. The lowest BCUT2D eigenvalue weighted by Gasteiger charge is -2.13. The van der Waals surface area contributed by atoms with Crippen molar-refractivity contribution < 1.29 is 0 Å².